The summed E-state index contributed by atoms with van der Waals surface area (Å²) in [6.07, 6.45) is 1.02. The number of carbonyl (C=O) groups is 3. The molecular formula is C17H19NO7. The smallest absolute Gasteiger partial charge is 0.377 e. The highest BCUT2D eigenvalue weighted by Gasteiger charge is 2.38. The maximum atomic E-state index is 12.3. The molecule has 0 unspecified atom stereocenters. The van der Waals surface area contributed by atoms with Gasteiger partial charge in [-0.3, -0.25) is 9.63 Å². The van der Waals surface area contributed by atoms with Crippen LogP contribution in [-0.2, 0) is 35.2 Å². The zero-order valence-electron chi connectivity index (χ0n) is 14.4. The predicted molar refractivity (Wildman–Crippen MR) is 84.7 cm³/mol. The van der Waals surface area contributed by atoms with E-state index in [9.17, 15) is 14.4 Å². The van der Waals surface area contributed by atoms with Gasteiger partial charge in [0.05, 0.1) is 32.4 Å². The minimum absolute atomic E-state index is 0.110. The van der Waals surface area contributed by atoms with E-state index >= 15 is 0 Å². The van der Waals surface area contributed by atoms with Crippen molar-refractivity contribution >= 4 is 17.8 Å². The van der Waals surface area contributed by atoms with Crippen molar-refractivity contribution in [2.45, 2.75) is 26.2 Å². The standard InChI is InChI=1S/C17H19NO7/c1-17(2)24-13(16(21)25-17)9-14(19)18(23-4)10-11-5-7-12(8-6-11)15(20)22-3/h5-9H,10H2,1-4H3. The lowest BCUT2D eigenvalue weighted by atomic mass is 10.1. The predicted octanol–water partition coefficient (Wildman–Crippen LogP) is 1.56. The number of cyclic esters (lactones) is 1. The number of hydroxylamine groups is 2. The number of esters is 2. The first-order valence-electron chi connectivity index (χ1n) is 7.42. The number of ether oxygens (including phenoxy) is 3. The summed E-state index contributed by atoms with van der Waals surface area (Å²) in [4.78, 5) is 40.4. The fourth-order valence-electron chi connectivity index (χ4n) is 2.14. The Bertz CT molecular complexity index is 706. The second-order valence-electron chi connectivity index (χ2n) is 5.65. The number of rotatable bonds is 5. The Morgan fingerprint density at radius 1 is 1.16 bits per heavy atom. The van der Waals surface area contributed by atoms with Crippen LogP contribution in [0.25, 0.3) is 0 Å². The number of amides is 1. The van der Waals surface area contributed by atoms with Gasteiger partial charge in [-0.2, -0.15) is 0 Å². The van der Waals surface area contributed by atoms with Crippen LogP contribution < -0.4 is 0 Å². The van der Waals surface area contributed by atoms with Crippen LogP contribution in [0.2, 0.25) is 0 Å². The van der Waals surface area contributed by atoms with E-state index < -0.39 is 23.6 Å². The molecule has 2 rings (SSSR count). The van der Waals surface area contributed by atoms with Crippen molar-refractivity contribution in [2.75, 3.05) is 14.2 Å². The van der Waals surface area contributed by atoms with E-state index in [1.807, 2.05) is 0 Å². The van der Waals surface area contributed by atoms with Crippen molar-refractivity contribution in [3.8, 4) is 0 Å². The largest absolute Gasteiger partial charge is 0.465 e. The number of carbonyl (C=O) groups excluding carboxylic acids is 3. The molecule has 0 N–H and O–H groups in total. The van der Waals surface area contributed by atoms with Crippen LogP contribution in [0.1, 0.15) is 29.8 Å². The molecule has 1 amide bonds. The molecule has 1 aromatic carbocycles. The first kappa shape index (κ1) is 18.5. The Morgan fingerprint density at radius 3 is 2.28 bits per heavy atom. The molecule has 1 fully saturated rings. The minimum atomic E-state index is -1.11. The third-order valence-corrected chi connectivity index (χ3v) is 3.32. The van der Waals surface area contributed by atoms with Crippen LogP contribution in [-0.4, -0.2) is 42.9 Å². The van der Waals surface area contributed by atoms with Gasteiger partial charge in [-0.05, 0) is 17.7 Å². The molecule has 1 aromatic rings. The summed E-state index contributed by atoms with van der Waals surface area (Å²) >= 11 is 0. The lowest BCUT2D eigenvalue weighted by molar-refractivity contribution is -0.173. The van der Waals surface area contributed by atoms with Gasteiger partial charge in [0.1, 0.15) is 0 Å². The van der Waals surface area contributed by atoms with Gasteiger partial charge in [-0.1, -0.05) is 12.1 Å². The Morgan fingerprint density at radius 2 is 1.80 bits per heavy atom. The molecule has 8 nitrogen and oxygen atoms in total. The van der Waals surface area contributed by atoms with Gasteiger partial charge in [0.25, 0.3) is 5.91 Å². The van der Waals surface area contributed by atoms with Crippen LogP contribution >= 0.6 is 0 Å². The van der Waals surface area contributed by atoms with Crippen LogP contribution in [0, 0.1) is 0 Å². The Labute approximate surface area is 144 Å². The van der Waals surface area contributed by atoms with Gasteiger partial charge in [-0.25, -0.2) is 14.7 Å². The lowest BCUT2D eigenvalue weighted by Crippen LogP contribution is -2.28. The second kappa shape index (κ2) is 7.35. The van der Waals surface area contributed by atoms with Gasteiger partial charge < -0.3 is 14.2 Å². The number of hydrogen-bond acceptors (Lipinski definition) is 7. The van der Waals surface area contributed by atoms with Gasteiger partial charge in [0.15, 0.2) is 0 Å². The third kappa shape index (κ3) is 4.57. The average molecular weight is 349 g/mol. The molecule has 25 heavy (non-hydrogen) atoms. The monoisotopic (exact) mass is 349 g/mol. The van der Waals surface area contributed by atoms with Crippen LogP contribution in [0.4, 0.5) is 0 Å². The van der Waals surface area contributed by atoms with E-state index in [4.69, 9.17) is 14.3 Å². The highest BCUT2D eigenvalue weighted by Crippen LogP contribution is 2.26. The summed E-state index contributed by atoms with van der Waals surface area (Å²) in [7, 11) is 2.63. The quantitative estimate of drug-likeness (QED) is 0.452. The second-order valence-corrected chi connectivity index (χ2v) is 5.65. The van der Waals surface area contributed by atoms with Gasteiger partial charge in [0, 0.05) is 13.8 Å². The molecule has 0 spiro atoms. The van der Waals surface area contributed by atoms with Crippen LogP contribution in [0.5, 0.6) is 0 Å². The van der Waals surface area contributed by atoms with Crippen LogP contribution in [0.3, 0.4) is 0 Å². The fraction of sp³-hybridized carbons (Fsp3) is 0.353. The zero-order valence-corrected chi connectivity index (χ0v) is 14.4. The van der Waals surface area contributed by atoms with E-state index in [0.29, 0.717) is 5.56 Å². The van der Waals surface area contributed by atoms with Crippen molar-refractivity contribution in [2.24, 2.45) is 0 Å². The maximum absolute atomic E-state index is 12.3. The van der Waals surface area contributed by atoms with Crippen molar-refractivity contribution < 1.29 is 33.4 Å². The minimum Gasteiger partial charge on any atom is -0.465 e. The molecule has 0 bridgehead atoms. The van der Waals surface area contributed by atoms with E-state index in [0.717, 1.165) is 16.7 Å². The summed E-state index contributed by atoms with van der Waals surface area (Å²) < 4.78 is 14.8. The molecule has 0 atom stereocenters. The highest BCUT2D eigenvalue weighted by molar-refractivity contribution is 5.97. The van der Waals surface area contributed by atoms with Crippen LogP contribution in [0.15, 0.2) is 36.1 Å². The molecule has 1 aliphatic heterocycles. The molecule has 0 aliphatic carbocycles. The van der Waals surface area contributed by atoms with Gasteiger partial charge in [-0.15, -0.1) is 0 Å². The van der Waals surface area contributed by atoms with Crippen molar-refractivity contribution in [3.05, 3.63) is 47.2 Å². The maximum Gasteiger partial charge on any atom is 0.377 e. The summed E-state index contributed by atoms with van der Waals surface area (Å²) in [6, 6.07) is 6.50. The Kier molecular flexibility index (Phi) is 5.43. The molecule has 0 saturated carbocycles. The summed E-state index contributed by atoms with van der Waals surface area (Å²) in [5, 5.41) is 1.04. The molecule has 8 heteroatoms. The number of benzene rings is 1. The molecule has 134 valence electrons. The van der Waals surface area contributed by atoms with E-state index in [1.54, 1.807) is 38.1 Å². The average Bonchev–Trinajstić information content (AvgIpc) is 2.83. The van der Waals surface area contributed by atoms with Gasteiger partial charge in [0.2, 0.25) is 11.5 Å². The Balaban J connectivity index is 2.08. The number of hydrogen-bond donors (Lipinski definition) is 0. The summed E-state index contributed by atoms with van der Waals surface area (Å²) in [5.74, 6) is -3.03. The SMILES string of the molecule is COC(=O)c1ccc(CN(OC)C(=O)C=C2OC(C)(C)OC2=O)cc1. The fourth-order valence-corrected chi connectivity index (χ4v) is 2.14. The first-order chi connectivity index (χ1) is 11.8. The number of methoxy groups -OCH3 is 1. The van der Waals surface area contributed by atoms with Crippen molar-refractivity contribution in [1.29, 1.82) is 0 Å². The van der Waals surface area contributed by atoms with E-state index in [2.05, 4.69) is 4.74 Å². The summed E-state index contributed by atoms with van der Waals surface area (Å²) in [5.41, 5.74) is 1.12. The zero-order chi connectivity index (χ0) is 18.6. The lowest BCUT2D eigenvalue weighted by Gasteiger charge is -2.18. The molecular weight excluding hydrogens is 330 g/mol. The summed E-state index contributed by atoms with van der Waals surface area (Å²) in [6.45, 7) is 3.24. The highest BCUT2D eigenvalue weighted by atomic mass is 16.8. The Hall–Kier alpha value is -2.87. The molecule has 0 radical (unpaired) electrons. The molecule has 0 aromatic heterocycles. The first-order valence-corrected chi connectivity index (χ1v) is 7.42. The number of nitrogens with zero attached hydrogens (tertiary/aromatic N) is 1. The third-order valence-electron chi connectivity index (χ3n) is 3.32. The van der Waals surface area contributed by atoms with E-state index in [-0.39, 0.29) is 12.3 Å². The molecule has 1 aliphatic rings. The van der Waals surface area contributed by atoms with Gasteiger partial charge >= 0.3 is 11.9 Å². The normalized spacial score (nSPS) is 17.0. The van der Waals surface area contributed by atoms with Crippen molar-refractivity contribution in [3.63, 3.8) is 0 Å². The van der Waals surface area contributed by atoms with Crippen molar-refractivity contribution in [1.82, 2.24) is 5.06 Å². The molecule has 1 heterocycles. The topological polar surface area (TPSA) is 91.4 Å². The van der Waals surface area contributed by atoms with E-state index in [1.165, 1.54) is 14.2 Å². The molecule has 1 saturated heterocycles.